The third-order valence-electron chi connectivity index (χ3n) is 20.0. The smallest absolute Gasteiger partial charge is 0.0651 e. The lowest BCUT2D eigenvalue weighted by Crippen LogP contribution is -2.10. The summed E-state index contributed by atoms with van der Waals surface area (Å²) in [6, 6.07) is 95.6. The van der Waals surface area contributed by atoms with Gasteiger partial charge in [-0.2, -0.15) is 0 Å². The fourth-order valence-corrected chi connectivity index (χ4v) is 14.6. The van der Waals surface area contributed by atoms with Crippen molar-refractivity contribution >= 4 is 77.7 Å². The van der Waals surface area contributed by atoms with Gasteiger partial charge < -0.3 is 18.9 Å². The molecule has 528 valence electrons. The van der Waals surface area contributed by atoms with Gasteiger partial charge in [-0.15, -0.1) is 0 Å². The van der Waals surface area contributed by atoms with Crippen LogP contribution < -0.4 is 9.80 Å². The molecule has 2 aromatic heterocycles. The zero-order valence-corrected chi connectivity index (χ0v) is 60.0. The van der Waals surface area contributed by atoms with E-state index in [1.54, 1.807) is 30.3 Å². The van der Waals surface area contributed by atoms with Crippen molar-refractivity contribution in [2.24, 2.45) is 0 Å². The number of para-hydroxylation sites is 4. The van der Waals surface area contributed by atoms with Crippen molar-refractivity contribution in [2.45, 2.75) is 0 Å². The highest BCUT2D eigenvalue weighted by Gasteiger charge is 2.21. The van der Waals surface area contributed by atoms with E-state index < -0.39 is 131 Å². The lowest BCUT2D eigenvalue weighted by molar-refractivity contribution is 1.18. The summed E-state index contributed by atoms with van der Waals surface area (Å²) >= 11 is 0. The molecule has 0 saturated heterocycles. The van der Waals surface area contributed by atoms with Crippen LogP contribution in [-0.4, -0.2) is 9.13 Å². The highest BCUT2D eigenvalue weighted by molar-refractivity contribution is 6.12. The molecule has 0 bridgehead atoms. The van der Waals surface area contributed by atoms with E-state index >= 15 is 0 Å². The van der Waals surface area contributed by atoms with Crippen LogP contribution in [0.2, 0.25) is 0 Å². The second-order valence-corrected chi connectivity index (χ2v) is 26.7. The number of benzene rings is 18. The number of hydrogen-bond acceptors (Lipinski definition) is 2. The SMILES string of the molecule is [2H]c1c([2H])c(-c2ccc3c(c2)c2ccccc2n3-c2ccccc2)c([2H])c(N(c2ccc(-c3ccccc3)cc2)c2ccc(-c3ccc(-c4ccccc4)cc3)cc2)c1[2H].[2H]c1c([2H])c([2H])c(-c2c([2H])c([2H])c(-c3c([2H])c([2H])c(N(c4ccc(-c5ccccc5)cc4)c4c([2H])c([2H])c([2H])c(-c5ccc6c(c5)c5ccccc5n6-c5ccccc5)c4[2H])c([2H])c3[2H])c([2H])c2[2H])c([2H])c1[2H]. The van der Waals surface area contributed by atoms with E-state index in [2.05, 4.69) is 94.1 Å². The van der Waals surface area contributed by atoms with Crippen molar-refractivity contribution in [1.82, 2.24) is 9.13 Å². The minimum Gasteiger partial charge on any atom is -0.310 e. The zero-order chi connectivity index (χ0) is 92.8. The maximum Gasteiger partial charge on any atom is 0.0651 e. The highest BCUT2D eigenvalue weighted by Crippen LogP contribution is 2.44. The third-order valence-corrected chi connectivity index (χ3v) is 20.0. The maximum atomic E-state index is 9.93. The van der Waals surface area contributed by atoms with E-state index in [4.69, 9.17) is 12.3 Å². The second-order valence-electron chi connectivity index (χ2n) is 26.7. The normalized spacial score (nSPS) is 13.8. The number of hydrogen-bond donors (Lipinski definition) is 0. The Hall–Kier alpha value is -14.8. The molecular weight excluding hydrogens is 1350 g/mol. The molecule has 0 amide bonds. The molecular formula is C108H76N4. The van der Waals surface area contributed by atoms with Crippen LogP contribution in [0, 0.1) is 0 Å². The Morgan fingerprint density at radius 3 is 0.821 bits per heavy atom. The van der Waals surface area contributed by atoms with Crippen molar-refractivity contribution in [3.05, 3.63) is 461 Å². The second kappa shape index (κ2) is 30.4. The predicted molar refractivity (Wildman–Crippen MR) is 474 cm³/mol. The van der Waals surface area contributed by atoms with Crippen LogP contribution in [0.1, 0.15) is 28.8 Å². The minimum atomic E-state index is -0.870. The maximum absolute atomic E-state index is 9.93. The van der Waals surface area contributed by atoms with Gasteiger partial charge >= 0.3 is 0 Å². The Morgan fingerprint density at radius 2 is 0.446 bits per heavy atom. The van der Waals surface area contributed by atoms with Gasteiger partial charge in [-0.3, -0.25) is 0 Å². The Labute approximate surface area is 683 Å². The Balaban J connectivity index is 0.000000175. The predicted octanol–water partition coefficient (Wildman–Crippen LogP) is 29.8. The summed E-state index contributed by atoms with van der Waals surface area (Å²) in [4.78, 5) is 3.06. The van der Waals surface area contributed by atoms with E-state index in [0.29, 0.717) is 16.7 Å². The monoisotopic (exact) mass is 1450 g/mol. The molecule has 20 aromatic rings. The lowest BCUT2D eigenvalue weighted by atomic mass is 9.99. The summed E-state index contributed by atoms with van der Waals surface area (Å²) in [6.45, 7) is 0. The average molecular weight is 1450 g/mol. The van der Waals surface area contributed by atoms with Gasteiger partial charge in [-0.25, -0.2) is 0 Å². The topological polar surface area (TPSA) is 16.3 Å². The summed E-state index contributed by atoms with van der Waals surface area (Å²) < 4.78 is 195. The van der Waals surface area contributed by atoms with E-state index in [-0.39, 0.29) is 46.8 Å². The molecule has 0 aliphatic carbocycles. The van der Waals surface area contributed by atoms with Crippen LogP contribution in [0.3, 0.4) is 0 Å². The first-order valence-corrected chi connectivity index (χ1v) is 36.7. The molecule has 0 atom stereocenters. The first-order valence-electron chi connectivity index (χ1n) is 47.2. The van der Waals surface area contributed by atoms with E-state index in [1.165, 1.54) is 4.90 Å². The van der Waals surface area contributed by atoms with Crippen LogP contribution in [0.25, 0.3) is 144 Å². The van der Waals surface area contributed by atoms with Gasteiger partial charge in [0.05, 0.1) is 50.9 Å². The summed E-state index contributed by atoms with van der Waals surface area (Å²) in [5.41, 5.74) is 13.6. The number of anilines is 6. The highest BCUT2D eigenvalue weighted by atomic mass is 15.1. The molecule has 0 aliphatic heterocycles. The van der Waals surface area contributed by atoms with Crippen molar-refractivity contribution in [3.63, 3.8) is 0 Å². The largest absolute Gasteiger partial charge is 0.310 e. The Morgan fingerprint density at radius 1 is 0.170 bits per heavy atom. The Kier molecular flexibility index (Phi) is 13.2. The molecule has 0 N–H and O–H groups in total. The molecule has 0 unspecified atom stereocenters. The van der Waals surface area contributed by atoms with Crippen molar-refractivity contribution in [1.29, 1.82) is 0 Å². The number of nitrogens with zero attached hydrogens (tertiary/aromatic N) is 4. The summed E-state index contributed by atoms with van der Waals surface area (Å²) in [7, 11) is 0. The molecule has 0 aliphatic rings. The van der Waals surface area contributed by atoms with Crippen LogP contribution in [0.15, 0.2) is 461 Å². The van der Waals surface area contributed by atoms with Crippen molar-refractivity contribution < 1.29 is 28.8 Å². The molecule has 20 rings (SSSR count). The van der Waals surface area contributed by atoms with Gasteiger partial charge in [0.2, 0.25) is 0 Å². The third kappa shape index (κ3) is 13.6. The quantitative estimate of drug-likeness (QED) is 0.0959. The standard InChI is InChI=1S/2C54H38N2/c2*1-4-13-39(14-5-1)41-23-25-42(26-24-41)44-29-34-49(35-30-44)55(48-32-27-43(28-33-48)40-15-6-2-7-16-40)50-20-12-17-45(37-50)46-31-36-54-52(38-46)51-21-10-11-22-53(51)56(54)47-18-8-3-9-19-47/h2*1-38H/i1D,4D,5D,12D,13D,14D,17D,20D,23D,24D,25D,26D,29D,30D,34D,35D,37D;12D,17D,20D,37D. The molecule has 18 aromatic carbocycles. The molecule has 4 nitrogen and oxygen atoms in total. The molecule has 0 fully saturated rings. The molecule has 112 heavy (non-hydrogen) atoms. The number of fused-ring (bicyclic) bond motifs is 6. The first kappa shape index (κ1) is 48.5. The molecule has 0 saturated carbocycles. The zero-order valence-electron chi connectivity index (χ0n) is 81.0. The molecule has 4 heteroatoms. The number of aromatic nitrogens is 2. The Bertz CT molecular complexity index is 7940. The first-order chi connectivity index (χ1) is 64.3. The van der Waals surface area contributed by atoms with E-state index in [1.807, 2.05) is 223 Å². The summed E-state index contributed by atoms with van der Waals surface area (Å²) in [5.74, 6) is 0. The van der Waals surface area contributed by atoms with Crippen LogP contribution in [0.5, 0.6) is 0 Å². The van der Waals surface area contributed by atoms with E-state index in [9.17, 15) is 16.4 Å². The van der Waals surface area contributed by atoms with Gasteiger partial charge in [-0.05, 0) is 222 Å². The minimum absolute atomic E-state index is 0.0138. The van der Waals surface area contributed by atoms with Crippen LogP contribution in [0.4, 0.5) is 34.1 Å². The number of rotatable bonds is 16. The van der Waals surface area contributed by atoms with Crippen LogP contribution in [-0.2, 0) is 0 Å². The molecule has 0 spiro atoms. The fraction of sp³-hybridized carbons (Fsp3) is 0. The fourth-order valence-electron chi connectivity index (χ4n) is 14.6. The summed E-state index contributed by atoms with van der Waals surface area (Å²) in [6.07, 6.45) is 0. The van der Waals surface area contributed by atoms with Gasteiger partial charge in [0.25, 0.3) is 0 Å². The lowest BCUT2D eigenvalue weighted by Gasteiger charge is -2.26. The average Bonchev–Trinajstić information content (AvgIpc) is 1.34. The van der Waals surface area contributed by atoms with Gasteiger partial charge in [0, 0.05) is 67.0 Å². The molecule has 2 heterocycles. The van der Waals surface area contributed by atoms with Crippen LogP contribution >= 0.6 is 0 Å². The molecule has 0 radical (unpaired) electrons. The van der Waals surface area contributed by atoms with Gasteiger partial charge in [-0.1, -0.05) is 327 Å². The van der Waals surface area contributed by atoms with Gasteiger partial charge in [0.1, 0.15) is 0 Å². The van der Waals surface area contributed by atoms with Gasteiger partial charge in [0.15, 0.2) is 0 Å². The van der Waals surface area contributed by atoms with Crippen molar-refractivity contribution in [2.75, 3.05) is 9.80 Å². The van der Waals surface area contributed by atoms with Crippen molar-refractivity contribution in [3.8, 4) is 100 Å². The summed E-state index contributed by atoms with van der Waals surface area (Å²) in [5, 5.41) is 3.68. The van der Waals surface area contributed by atoms with E-state index in [0.717, 1.165) is 111 Å².